The largest absolute Gasteiger partial charge is 0.367 e. The predicted molar refractivity (Wildman–Crippen MR) is 107 cm³/mol. The van der Waals surface area contributed by atoms with Crippen LogP contribution in [0.3, 0.4) is 0 Å². The molecule has 3 amide bonds. The molecule has 1 saturated heterocycles. The van der Waals surface area contributed by atoms with Gasteiger partial charge >= 0.3 is 6.03 Å². The number of urea groups is 1. The number of carbonyl (C=O) groups excluding carboxylic acids is 2. The van der Waals surface area contributed by atoms with Gasteiger partial charge in [0.2, 0.25) is 0 Å². The predicted octanol–water partition coefficient (Wildman–Crippen LogP) is 2.91. The molecule has 4 heterocycles. The lowest BCUT2D eigenvalue weighted by molar-refractivity contribution is -0.115. The second kappa shape index (κ2) is 6.45. The third-order valence-electron chi connectivity index (χ3n) is 4.97. The number of amides is 3. The number of hydrogen-bond acceptors (Lipinski definition) is 6. The van der Waals surface area contributed by atoms with Crippen molar-refractivity contribution >= 4 is 40.8 Å². The number of thiophene rings is 1. The van der Waals surface area contributed by atoms with Crippen LogP contribution in [0.15, 0.2) is 30.1 Å². The van der Waals surface area contributed by atoms with Gasteiger partial charge in [0.15, 0.2) is 5.65 Å². The maximum absolute atomic E-state index is 11.9. The molecule has 0 radical (unpaired) electrons. The Balaban J connectivity index is 1.64. The first kappa shape index (κ1) is 16.9. The number of nitrogens with one attached hydrogen (secondary N) is 3. The number of fused-ring (bicyclic) bond motifs is 1. The van der Waals surface area contributed by atoms with Crippen molar-refractivity contribution in [2.75, 3.05) is 5.32 Å². The molecule has 0 aromatic carbocycles. The van der Waals surface area contributed by atoms with Crippen molar-refractivity contribution in [1.29, 1.82) is 0 Å². The maximum atomic E-state index is 11.9. The van der Waals surface area contributed by atoms with Crippen molar-refractivity contribution in [2.45, 2.75) is 32.2 Å². The number of hydrogen-bond donors (Lipinski definition) is 3. The van der Waals surface area contributed by atoms with Crippen LogP contribution < -0.4 is 16.0 Å². The monoisotopic (exact) mass is 394 g/mol. The first-order valence-electron chi connectivity index (χ1n) is 9.13. The molecule has 142 valence electrons. The van der Waals surface area contributed by atoms with Gasteiger partial charge in [0.05, 0.1) is 16.8 Å². The zero-order valence-corrected chi connectivity index (χ0v) is 16.0. The van der Waals surface area contributed by atoms with Gasteiger partial charge in [-0.3, -0.25) is 10.1 Å². The van der Waals surface area contributed by atoms with Gasteiger partial charge in [-0.05, 0) is 44.4 Å². The Morgan fingerprint density at radius 2 is 2.14 bits per heavy atom. The summed E-state index contributed by atoms with van der Waals surface area (Å²) in [6.45, 7) is 2.07. The summed E-state index contributed by atoms with van der Waals surface area (Å²) in [7, 11) is 0. The molecule has 5 rings (SSSR count). The number of rotatable bonds is 4. The van der Waals surface area contributed by atoms with Crippen LogP contribution >= 0.6 is 11.3 Å². The van der Waals surface area contributed by atoms with Crippen molar-refractivity contribution in [3.05, 3.63) is 40.5 Å². The molecule has 0 atom stereocenters. The number of aryl methyl sites for hydroxylation is 1. The van der Waals surface area contributed by atoms with Crippen molar-refractivity contribution in [2.24, 2.45) is 0 Å². The SMILES string of the molecule is Cc1ccc(-c2cc(NC3CCC3)n3ncc(C=C4NC(=O)NC4=O)c3n2)s1. The van der Waals surface area contributed by atoms with E-state index in [0.717, 1.165) is 29.2 Å². The molecule has 9 heteroatoms. The van der Waals surface area contributed by atoms with E-state index < -0.39 is 11.9 Å². The molecular formula is C19H18N6O2S. The fourth-order valence-corrected chi connectivity index (χ4v) is 4.11. The zero-order valence-electron chi connectivity index (χ0n) is 15.2. The lowest BCUT2D eigenvalue weighted by Crippen LogP contribution is -2.28. The van der Waals surface area contributed by atoms with Gasteiger partial charge in [0.1, 0.15) is 11.5 Å². The Labute approximate surface area is 164 Å². The van der Waals surface area contributed by atoms with E-state index in [2.05, 4.69) is 40.1 Å². The number of aromatic nitrogens is 3. The summed E-state index contributed by atoms with van der Waals surface area (Å²) < 4.78 is 1.75. The number of anilines is 1. The molecule has 0 bridgehead atoms. The summed E-state index contributed by atoms with van der Waals surface area (Å²) in [5, 5.41) is 12.7. The lowest BCUT2D eigenvalue weighted by atomic mass is 9.93. The second-order valence-electron chi connectivity index (χ2n) is 7.01. The van der Waals surface area contributed by atoms with E-state index in [1.54, 1.807) is 28.1 Å². The highest BCUT2D eigenvalue weighted by atomic mass is 32.1. The standard InChI is InChI=1S/C19H18N6O2S/c1-10-5-6-15(28-10)13-8-16(21-12-3-2-4-12)25-17(22-13)11(9-20-25)7-14-18(26)24-19(27)23-14/h5-9,12,21H,2-4H2,1H3,(H2,23,24,26,27). The quantitative estimate of drug-likeness (QED) is 0.467. The van der Waals surface area contributed by atoms with Gasteiger partial charge in [0, 0.05) is 22.5 Å². The molecule has 3 aromatic heterocycles. The molecule has 3 aromatic rings. The molecule has 1 aliphatic carbocycles. The van der Waals surface area contributed by atoms with E-state index in [9.17, 15) is 9.59 Å². The minimum Gasteiger partial charge on any atom is -0.367 e. The van der Waals surface area contributed by atoms with Crippen LogP contribution in [-0.2, 0) is 4.79 Å². The molecule has 0 unspecified atom stereocenters. The molecule has 28 heavy (non-hydrogen) atoms. The zero-order chi connectivity index (χ0) is 19.3. The average molecular weight is 394 g/mol. The summed E-state index contributed by atoms with van der Waals surface area (Å²) in [4.78, 5) is 30.3. The Morgan fingerprint density at radius 1 is 1.29 bits per heavy atom. The van der Waals surface area contributed by atoms with Crippen LogP contribution in [0.4, 0.5) is 10.6 Å². The molecule has 1 aliphatic heterocycles. The van der Waals surface area contributed by atoms with Gasteiger partial charge in [0.25, 0.3) is 5.91 Å². The van der Waals surface area contributed by atoms with Gasteiger partial charge in [-0.15, -0.1) is 11.3 Å². The highest BCUT2D eigenvalue weighted by Gasteiger charge is 2.24. The van der Waals surface area contributed by atoms with E-state index in [4.69, 9.17) is 4.98 Å². The Bertz CT molecular complexity index is 1140. The second-order valence-corrected chi connectivity index (χ2v) is 8.30. The van der Waals surface area contributed by atoms with Crippen LogP contribution in [0.25, 0.3) is 22.3 Å². The third kappa shape index (κ3) is 2.93. The molecule has 3 N–H and O–H groups in total. The average Bonchev–Trinajstić information content (AvgIpc) is 3.31. The van der Waals surface area contributed by atoms with Crippen LogP contribution in [0, 0.1) is 6.92 Å². The van der Waals surface area contributed by atoms with Crippen LogP contribution in [0.5, 0.6) is 0 Å². The molecular weight excluding hydrogens is 376 g/mol. The van der Waals surface area contributed by atoms with Crippen LogP contribution in [0.2, 0.25) is 0 Å². The number of imide groups is 1. The Morgan fingerprint density at radius 3 is 2.79 bits per heavy atom. The van der Waals surface area contributed by atoms with E-state index in [1.165, 1.54) is 11.3 Å². The van der Waals surface area contributed by atoms with Crippen LogP contribution in [0.1, 0.15) is 29.7 Å². The highest BCUT2D eigenvalue weighted by molar-refractivity contribution is 7.15. The molecule has 1 saturated carbocycles. The highest BCUT2D eigenvalue weighted by Crippen LogP contribution is 2.31. The fraction of sp³-hybridized carbons (Fsp3) is 0.263. The van der Waals surface area contributed by atoms with Crippen molar-refractivity contribution in [3.63, 3.8) is 0 Å². The van der Waals surface area contributed by atoms with Crippen molar-refractivity contribution in [1.82, 2.24) is 25.2 Å². The minimum atomic E-state index is -0.525. The molecule has 2 fully saturated rings. The smallest absolute Gasteiger partial charge is 0.326 e. The van der Waals surface area contributed by atoms with Crippen molar-refractivity contribution < 1.29 is 9.59 Å². The van der Waals surface area contributed by atoms with Gasteiger partial charge in [-0.25, -0.2) is 9.78 Å². The van der Waals surface area contributed by atoms with Gasteiger partial charge in [-0.1, -0.05) is 0 Å². The lowest BCUT2D eigenvalue weighted by Gasteiger charge is -2.27. The van der Waals surface area contributed by atoms with E-state index in [-0.39, 0.29) is 5.70 Å². The van der Waals surface area contributed by atoms with Crippen LogP contribution in [-0.4, -0.2) is 32.6 Å². The van der Waals surface area contributed by atoms with E-state index >= 15 is 0 Å². The van der Waals surface area contributed by atoms with Crippen molar-refractivity contribution in [3.8, 4) is 10.6 Å². The fourth-order valence-electron chi connectivity index (χ4n) is 3.28. The summed E-state index contributed by atoms with van der Waals surface area (Å²) >= 11 is 1.68. The summed E-state index contributed by atoms with van der Waals surface area (Å²) in [5.41, 5.74) is 2.34. The summed E-state index contributed by atoms with van der Waals surface area (Å²) in [5.74, 6) is 0.419. The minimum absolute atomic E-state index is 0.188. The summed E-state index contributed by atoms with van der Waals surface area (Å²) in [6, 6.07) is 6.07. The van der Waals surface area contributed by atoms with E-state index in [1.807, 2.05) is 6.07 Å². The van der Waals surface area contributed by atoms with E-state index in [0.29, 0.717) is 17.3 Å². The maximum Gasteiger partial charge on any atom is 0.326 e. The molecule has 8 nitrogen and oxygen atoms in total. The first-order valence-corrected chi connectivity index (χ1v) is 9.94. The van der Waals surface area contributed by atoms with Gasteiger partial charge in [-0.2, -0.15) is 9.61 Å². The number of nitrogens with zero attached hydrogens (tertiary/aromatic N) is 3. The topological polar surface area (TPSA) is 100 Å². The summed E-state index contributed by atoms with van der Waals surface area (Å²) in [6.07, 6.45) is 6.77. The first-order chi connectivity index (χ1) is 13.6. The Kier molecular flexibility index (Phi) is 3.90. The number of carbonyl (C=O) groups is 2. The van der Waals surface area contributed by atoms with Gasteiger partial charge < -0.3 is 10.6 Å². The Hall–Kier alpha value is -3.20. The normalized spacial score (nSPS) is 18.4. The molecule has 2 aliphatic rings. The third-order valence-corrected chi connectivity index (χ3v) is 5.99. The molecule has 0 spiro atoms.